The quantitative estimate of drug-likeness (QED) is 0.800. The van der Waals surface area contributed by atoms with Crippen molar-refractivity contribution in [2.24, 2.45) is 0 Å². The molecule has 140 valence electrons. The third-order valence-electron chi connectivity index (χ3n) is 3.86. The average Bonchev–Trinajstić information content (AvgIpc) is 2.62. The number of nitrogens with one attached hydrogen (secondary N) is 1. The number of carbonyl (C=O) groups is 1. The summed E-state index contributed by atoms with van der Waals surface area (Å²) < 4.78 is 44.6. The van der Waals surface area contributed by atoms with Gasteiger partial charge in [-0.2, -0.15) is 4.31 Å². The molecule has 0 aliphatic rings. The van der Waals surface area contributed by atoms with Crippen LogP contribution in [0.25, 0.3) is 0 Å². The van der Waals surface area contributed by atoms with Crippen LogP contribution < -0.4 is 10.1 Å². The lowest BCUT2D eigenvalue weighted by atomic mass is 10.1. The molecule has 0 aliphatic carbocycles. The molecule has 2 rings (SSSR count). The second kappa shape index (κ2) is 8.29. The van der Waals surface area contributed by atoms with Crippen molar-refractivity contribution in [2.45, 2.75) is 17.9 Å². The highest BCUT2D eigenvalue weighted by atomic mass is 32.2. The molecule has 1 atom stereocenters. The maximum atomic E-state index is 13.5. The predicted molar refractivity (Wildman–Crippen MR) is 95.8 cm³/mol. The average molecular weight is 380 g/mol. The highest BCUT2D eigenvalue weighted by molar-refractivity contribution is 7.89. The van der Waals surface area contributed by atoms with E-state index in [4.69, 9.17) is 4.74 Å². The van der Waals surface area contributed by atoms with Crippen LogP contribution in [0.2, 0.25) is 0 Å². The number of ether oxygens (including phenoxy) is 1. The number of carbonyl (C=O) groups excluding carboxylic acids is 1. The molecule has 1 N–H and O–H groups in total. The van der Waals surface area contributed by atoms with E-state index in [1.807, 2.05) is 30.3 Å². The summed E-state index contributed by atoms with van der Waals surface area (Å²) >= 11 is 0. The molecule has 1 amide bonds. The lowest BCUT2D eigenvalue weighted by Crippen LogP contribution is -2.39. The van der Waals surface area contributed by atoms with E-state index < -0.39 is 28.3 Å². The molecule has 0 fully saturated rings. The van der Waals surface area contributed by atoms with Crippen LogP contribution in [-0.2, 0) is 14.8 Å². The van der Waals surface area contributed by atoms with Crippen LogP contribution in [0.1, 0.15) is 18.5 Å². The molecular weight excluding hydrogens is 359 g/mol. The van der Waals surface area contributed by atoms with Crippen molar-refractivity contribution in [3.8, 4) is 5.75 Å². The minimum absolute atomic E-state index is 0.0105. The molecule has 0 saturated heterocycles. The standard InChI is InChI=1S/C18H21FN2O4S/c1-13(14-7-5-4-6-8-14)20-18(22)12-21(2)26(23,24)17-11-15(19)9-10-16(17)25-3/h4-11,13H,12H2,1-3H3,(H,20,22)/t13-/m1/s1. The Morgan fingerprint density at radius 1 is 1.23 bits per heavy atom. The fraction of sp³-hybridized carbons (Fsp3) is 0.278. The summed E-state index contributed by atoms with van der Waals surface area (Å²) in [5.74, 6) is -1.17. The zero-order valence-corrected chi connectivity index (χ0v) is 15.6. The van der Waals surface area contributed by atoms with E-state index in [1.54, 1.807) is 6.92 Å². The van der Waals surface area contributed by atoms with E-state index in [1.165, 1.54) is 20.2 Å². The summed E-state index contributed by atoms with van der Waals surface area (Å²) in [6.45, 7) is 1.40. The lowest BCUT2D eigenvalue weighted by molar-refractivity contribution is -0.121. The fourth-order valence-corrected chi connectivity index (χ4v) is 3.71. The molecular formula is C18H21FN2O4S. The summed E-state index contributed by atoms with van der Waals surface area (Å²) in [5, 5.41) is 2.74. The van der Waals surface area contributed by atoms with Crippen molar-refractivity contribution >= 4 is 15.9 Å². The third kappa shape index (κ3) is 4.59. The molecule has 0 radical (unpaired) electrons. The Balaban J connectivity index is 2.12. The number of nitrogens with zero attached hydrogens (tertiary/aromatic N) is 1. The van der Waals surface area contributed by atoms with Crippen LogP contribution >= 0.6 is 0 Å². The van der Waals surface area contributed by atoms with Crippen molar-refractivity contribution in [1.29, 1.82) is 0 Å². The first-order valence-electron chi connectivity index (χ1n) is 7.90. The number of methoxy groups -OCH3 is 1. The first kappa shape index (κ1) is 19.9. The maximum absolute atomic E-state index is 13.5. The second-order valence-corrected chi connectivity index (χ2v) is 7.77. The Morgan fingerprint density at radius 3 is 2.50 bits per heavy atom. The molecule has 6 nitrogen and oxygen atoms in total. The van der Waals surface area contributed by atoms with Crippen molar-refractivity contribution in [1.82, 2.24) is 9.62 Å². The van der Waals surface area contributed by atoms with Crippen LogP contribution in [0.15, 0.2) is 53.4 Å². The molecule has 0 bridgehead atoms. The van der Waals surface area contributed by atoms with Gasteiger partial charge in [0.15, 0.2) is 0 Å². The van der Waals surface area contributed by atoms with E-state index in [0.29, 0.717) is 0 Å². The van der Waals surface area contributed by atoms with Crippen LogP contribution in [0.5, 0.6) is 5.75 Å². The van der Waals surface area contributed by atoms with Gasteiger partial charge in [0, 0.05) is 7.05 Å². The highest BCUT2D eigenvalue weighted by Crippen LogP contribution is 2.26. The third-order valence-corrected chi connectivity index (χ3v) is 5.68. The molecule has 26 heavy (non-hydrogen) atoms. The summed E-state index contributed by atoms with van der Waals surface area (Å²) in [4.78, 5) is 11.9. The smallest absolute Gasteiger partial charge is 0.247 e. The van der Waals surface area contributed by atoms with Gasteiger partial charge in [-0.05, 0) is 30.7 Å². The molecule has 2 aromatic rings. The molecule has 0 aliphatic heterocycles. The van der Waals surface area contributed by atoms with Gasteiger partial charge in [-0.3, -0.25) is 4.79 Å². The Bertz CT molecular complexity index is 872. The highest BCUT2D eigenvalue weighted by Gasteiger charge is 2.27. The normalized spacial score (nSPS) is 12.7. The molecule has 2 aromatic carbocycles. The van der Waals surface area contributed by atoms with Gasteiger partial charge in [0.25, 0.3) is 0 Å². The molecule has 0 unspecified atom stereocenters. The largest absolute Gasteiger partial charge is 0.495 e. The number of amides is 1. The Hall–Kier alpha value is -2.45. The van der Waals surface area contributed by atoms with Gasteiger partial charge in [0.1, 0.15) is 16.5 Å². The molecule has 0 saturated carbocycles. The van der Waals surface area contributed by atoms with Gasteiger partial charge in [-0.25, -0.2) is 12.8 Å². The zero-order valence-electron chi connectivity index (χ0n) is 14.8. The first-order chi connectivity index (χ1) is 12.3. The number of likely N-dealkylation sites (N-methyl/N-ethyl adjacent to an activating group) is 1. The predicted octanol–water partition coefficient (Wildman–Crippen LogP) is 2.33. The number of hydrogen-bond donors (Lipinski definition) is 1. The summed E-state index contributed by atoms with van der Waals surface area (Å²) in [7, 11) is -1.54. The summed E-state index contributed by atoms with van der Waals surface area (Å²) in [6.07, 6.45) is 0. The van der Waals surface area contributed by atoms with Crippen LogP contribution in [0, 0.1) is 5.82 Å². The van der Waals surface area contributed by atoms with Gasteiger partial charge in [0.2, 0.25) is 15.9 Å². The van der Waals surface area contributed by atoms with Crippen LogP contribution in [-0.4, -0.2) is 39.3 Å². The van der Waals surface area contributed by atoms with E-state index in [9.17, 15) is 17.6 Å². The van der Waals surface area contributed by atoms with Crippen molar-refractivity contribution in [3.63, 3.8) is 0 Å². The topological polar surface area (TPSA) is 75.7 Å². The number of halogens is 1. The summed E-state index contributed by atoms with van der Waals surface area (Å²) in [5.41, 5.74) is 0.901. The zero-order chi connectivity index (χ0) is 19.3. The van der Waals surface area contributed by atoms with Crippen molar-refractivity contribution in [2.75, 3.05) is 20.7 Å². The molecule has 0 aromatic heterocycles. The van der Waals surface area contributed by atoms with Gasteiger partial charge in [-0.15, -0.1) is 0 Å². The fourth-order valence-electron chi connectivity index (χ4n) is 2.42. The summed E-state index contributed by atoms with van der Waals surface area (Å²) in [6, 6.07) is 12.2. The first-order valence-corrected chi connectivity index (χ1v) is 9.34. The molecule has 8 heteroatoms. The maximum Gasteiger partial charge on any atom is 0.247 e. The van der Waals surface area contributed by atoms with Crippen molar-refractivity contribution < 1.29 is 22.3 Å². The van der Waals surface area contributed by atoms with Gasteiger partial charge in [0.05, 0.1) is 19.7 Å². The minimum Gasteiger partial charge on any atom is -0.495 e. The van der Waals surface area contributed by atoms with Gasteiger partial charge >= 0.3 is 0 Å². The van der Waals surface area contributed by atoms with Gasteiger partial charge < -0.3 is 10.1 Å². The molecule has 0 spiro atoms. The van der Waals surface area contributed by atoms with E-state index >= 15 is 0 Å². The lowest BCUT2D eigenvalue weighted by Gasteiger charge is -2.20. The number of benzene rings is 2. The van der Waals surface area contributed by atoms with E-state index in [-0.39, 0.29) is 16.7 Å². The number of sulfonamides is 1. The Morgan fingerprint density at radius 2 is 1.88 bits per heavy atom. The number of hydrogen-bond acceptors (Lipinski definition) is 4. The molecule has 0 heterocycles. The monoisotopic (exact) mass is 380 g/mol. The number of rotatable bonds is 7. The van der Waals surface area contributed by atoms with E-state index in [0.717, 1.165) is 22.0 Å². The Kier molecular flexibility index (Phi) is 6.33. The Labute approximate surface area is 152 Å². The van der Waals surface area contributed by atoms with Crippen LogP contribution in [0.4, 0.5) is 4.39 Å². The van der Waals surface area contributed by atoms with E-state index in [2.05, 4.69) is 5.32 Å². The van der Waals surface area contributed by atoms with Gasteiger partial charge in [-0.1, -0.05) is 30.3 Å². The minimum atomic E-state index is -4.09. The van der Waals surface area contributed by atoms with Crippen LogP contribution in [0.3, 0.4) is 0 Å². The second-order valence-electron chi connectivity index (χ2n) is 5.76. The van der Waals surface area contributed by atoms with Crippen molar-refractivity contribution in [3.05, 3.63) is 59.9 Å². The SMILES string of the molecule is COc1ccc(F)cc1S(=O)(=O)N(C)CC(=O)N[C@H](C)c1ccccc1.